The molecule has 5 aromatic rings. The number of ether oxygens (including phenoxy) is 3. The van der Waals surface area contributed by atoms with Gasteiger partial charge >= 0.3 is 5.97 Å². The molecule has 692 valence electrons. The molecular weight excluding hydrogens is 1700 g/mol. The van der Waals surface area contributed by atoms with E-state index in [4.69, 9.17) is 24.8 Å². The molecule has 16 atom stereocenters. The number of aromatic amines is 1. The molecule has 0 saturated carbocycles. The molecule has 1 fully saturated rings. The second-order valence-electron chi connectivity index (χ2n) is 32.3. The standard InChI is InChI=1S/C83H118FN15O24S2Si/c1-45(101)67(79(117)96-62(43-125)78(116)99-68(46(2)102)81(118)119)98-73(111)56(21-15-16-30-85)92-76(114)59(35-51-38-86-55-20-14-13-19-54(51)55)94-75(113)58(34-49-22-26-52(104)27-23-49)93-77(115)61(42-124)95-74(112)57(33-48-17-11-10-12-18-48)90-65(106)40-120-31-32-121-44-87-72(110)60(36-64(105)97-80-69(89-47(3)103)71(109)70(108)63(39-100)123-80)91-66(107)41-122-88-37-50-24-28-53(29-25-50)126(84,82(4,5)6)83(7,8)9/h10-14,17-20,22-29,37-38,45-46,56-63,67-71,80,86,100-102,104,108-109,124-125H,15-16,21,30-36,39-44,85H2,1-9H3,(H,87,110)(H,89,103)(H,90,106)(H,91,107)(H,92,114)(H,93,115)(H,94,113)(H,95,112)(H,96,117)(H,97,105)(H,98,111)(H,99,116)(H,118,119)/b88-37+/t45-,46-,56+,57-,58+,59-,60-,61+,62+,63-,67+,68+,69-,70-,71-,80-/m1/s1. The third-order valence-corrected chi connectivity index (χ3v) is 26.4. The Hall–Kier alpha value is -10.7. The van der Waals surface area contributed by atoms with Crippen LogP contribution in [0.5, 0.6) is 5.75 Å². The first-order valence-electron chi connectivity index (χ1n) is 40.7. The van der Waals surface area contributed by atoms with Gasteiger partial charge in [-0.3, -0.25) is 57.5 Å². The van der Waals surface area contributed by atoms with E-state index >= 15 is 8.90 Å². The number of aromatic nitrogens is 1. The molecule has 4 aromatic carbocycles. The van der Waals surface area contributed by atoms with Crippen LogP contribution in [0.2, 0.25) is 10.1 Å². The number of aliphatic hydroxyl groups is 5. The number of carboxylic acid groups (broad SMARTS) is 1. The number of hydrogen-bond acceptors (Lipinski definition) is 27. The number of aliphatic carboxylic acids is 1. The summed E-state index contributed by atoms with van der Waals surface area (Å²) in [5, 5.41) is 105. The molecule has 1 aliphatic heterocycles. The number of oxime groups is 1. The number of benzene rings is 4. The number of nitrogens with one attached hydrogen (secondary N) is 13. The third-order valence-electron chi connectivity index (χ3n) is 20.4. The van der Waals surface area contributed by atoms with Crippen LogP contribution < -0.4 is 74.7 Å². The maximum absolute atomic E-state index is 16.9. The van der Waals surface area contributed by atoms with E-state index in [2.05, 4.69) is 99.2 Å². The van der Waals surface area contributed by atoms with Gasteiger partial charge in [-0.2, -0.15) is 25.3 Å². The van der Waals surface area contributed by atoms with Crippen LogP contribution in [-0.4, -0.2) is 287 Å². The van der Waals surface area contributed by atoms with Crippen LogP contribution in [0.15, 0.2) is 114 Å². The van der Waals surface area contributed by atoms with Crippen LogP contribution in [0.25, 0.3) is 10.9 Å². The molecule has 0 bridgehead atoms. The molecule has 22 N–H and O–H groups in total. The summed E-state index contributed by atoms with van der Waals surface area (Å²) < 4.78 is 33.6. The number of hydrogen-bond donors (Lipinski definition) is 23. The molecule has 39 nitrogen and oxygen atoms in total. The second-order valence-corrected chi connectivity index (χ2v) is 37.9. The van der Waals surface area contributed by atoms with Crippen molar-refractivity contribution >= 4 is 133 Å². The lowest BCUT2D eigenvalue weighted by molar-refractivity contribution is -0.203. The van der Waals surface area contributed by atoms with E-state index in [0.29, 0.717) is 44.8 Å². The van der Waals surface area contributed by atoms with Crippen LogP contribution in [-0.2, 0) is 101 Å². The van der Waals surface area contributed by atoms with Crippen LogP contribution in [0.3, 0.4) is 0 Å². The molecule has 1 saturated heterocycles. The number of phenolic OH excluding ortho intramolecular Hbond substituents is 1. The number of H-pyrrole nitrogens is 1. The summed E-state index contributed by atoms with van der Waals surface area (Å²) in [5.41, 5.74) is 8.41. The first-order chi connectivity index (χ1) is 59.5. The van der Waals surface area contributed by atoms with E-state index < -0.39 is 237 Å². The normalized spacial score (nSPS) is 18.0. The summed E-state index contributed by atoms with van der Waals surface area (Å²) in [6, 6.07) is 11.7. The molecule has 2 heterocycles. The molecule has 6 rings (SSSR count). The zero-order chi connectivity index (χ0) is 93.3. The van der Waals surface area contributed by atoms with E-state index in [1.807, 2.05) is 41.5 Å². The lowest BCUT2D eigenvalue weighted by Gasteiger charge is -2.44. The van der Waals surface area contributed by atoms with Gasteiger partial charge in [0.15, 0.2) is 18.9 Å². The van der Waals surface area contributed by atoms with Gasteiger partial charge in [-0.05, 0) is 95.4 Å². The van der Waals surface area contributed by atoms with Gasteiger partial charge in [-0.25, -0.2) is 4.79 Å². The number of aromatic hydroxyl groups is 1. The highest BCUT2D eigenvalue weighted by Crippen LogP contribution is 2.51. The SMILES string of the molecule is CC(=O)N[C@@H]1[C@@H](O)[C@H](O)[C@@H](CO)O[C@H]1NC(=O)C[C@@H](NC(=O)CO/N=C/c1ccc([Si](F)(C(C)(C)C)C(C)(C)C)cc1)C(=O)NCOCCOCC(=O)N[C@H](Cc1ccccc1)C(=O)N[C@@H](CS)C(=O)N[C@@H](Cc1ccc(O)cc1)C(=O)N[C@H](Cc1c[nH]c2ccccc12)C(=O)N[C@@H](CCCCN)C(=O)N[C@H](C(=O)N[C@@H](CS)C(=O)N[C@H](C(=O)O)[C@@H](C)O)[C@@H](C)O. The van der Waals surface area contributed by atoms with E-state index in [9.17, 15) is 93.3 Å². The van der Waals surface area contributed by atoms with Crippen molar-refractivity contribution in [1.82, 2.24) is 68.8 Å². The topological polar surface area (TPSA) is 599 Å². The number of aliphatic hydroxyl groups excluding tert-OH is 5. The van der Waals surface area contributed by atoms with Crippen molar-refractivity contribution in [1.29, 1.82) is 0 Å². The minimum absolute atomic E-state index is 0.127. The predicted octanol–water partition coefficient (Wildman–Crippen LogP) is -2.57. The zero-order valence-corrected chi connectivity index (χ0v) is 74.2. The summed E-state index contributed by atoms with van der Waals surface area (Å²) in [4.78, 5) is 187. The molecule has 1 aliphatic rings. The highest BCUT2D eigenvalue weighted by Gasteiger charge is 2.57. The van der Waals surface area contributed by atoms with Crippen molar-refractivity contribution in [3.8, 4) is 5.75 Å². The fourth-order valence-corrected chi connectivity index (χ4v) is 19.1. The molecule has 43 heteroatoms. The fourth-order valence-electron chi connectivity index (χ4n) is 14.0. The van der Waals surface area contributed by atoms with Gasteiger partial charge in [-0.1, -0.05) is 132 Å². The first-order valence-corrected chi connectivity index (χ1v) is 43.8. The number of carbonyl (C=O) groups is 13. The predicted molar refractivity (Wildman–Crippen MR) is 467 cm³/mol. The first kappa shape index (κ1) is 104. The number of thiol groups is 2. The van der Waals surface area contributed by atoms with Crippen LogP contribution in [0.1, 0.15) is 110 Å². The minimum atomic E-state index is -3.59. The minimum Gasteiger partial charge on any atom is -0.508 e. The summed E-state index contributed by atoms with van der Waals surface area (Å²) in [6.45, 7) is 11.3. The number of carboxylic acids is 1. The number of rotatable bonds is 49. The third kappa shape index (κ3) is 31.4. The Morgan fingerprint density at radius 2 is 1.10 bits per heavy atom. The Balaban J connectivity index is 1.13. The van der Waals surface area contributed by atoms with Gasteiger partial charge in [0.05, 0.1) is 44.7 Å². The summed E-state index contributed by atoms with van der Waals surface area (Å²) in [6.07, 6.45) is -7.95. The average Bonchev–Trinajstić information content (AvgIpc) is 0.861. The van der Waals surface area contributed by atoms with Gasteiger partial charge in [0.1, 0.15) is 91.8 Å². The molecule has 126 heavy (non-hydrogen) atoms. The van der Waals surface area contributed by atoms with E-state index in [1.165, 1.54) is 30.5 Å². The number of nitrogens with zero attached hydrogens (tertiary/aromatic N) is 1. The Kier molecular flexibility index (Phi) is 41.3. The van der Waals surface area contributed by atoms with Gasteiger partial charge < -0.3 is 133 Å². The van der Waals surface area contributed by atoms with Gasteiger partial charge in [0, 0.05) is 54.8 Å². The molecule has 0 spiro atoms. The van der Waals surface area contributed by atoms with E-state index in [-0.39, 0.29) is 57.6 Å². The average molecular weight is 1820 g/mol. The number of unbranched alkanes of at least 4 members (excludes halogenated alkanes) is 1. The lowest BCUT2D eigenvalue weighted by Crippen LogP contribution is -2.68. The maximum Gasteiger partial charge on any atom is 0.328 e. The van der Waals surface area contributed by atoms with Gasteiger partial charge in [0.2, 0.25) is 65.0 Å². The number of phenols is 1. The lowest BCUT2D eigenvalue weighted by atomic mass is 9.95. The number of fused-ring (bicyclic) bond motifs is 1. The van der Waals surface area contributed by atoms with Crippen LogP contribution >= 0.6 is 25.3 Å². The molecule has 0 radical (unpaired) electrons. The van der Waals surface area contributed by atoms with Crippen molar-refractivity contribution in [2.24, 2.45) is 10.9 Å². The van der Waals surface area contributed by atoms with Crippen LogP contribution in [0.4, 0.5) is 4.11 Å². The van der Waals surface area contributed by atoms with Crippen molar-refractivity contribution in [2.45, 2.75) is 215 Å². The van der Waals surface area contributed by atoms with Crippen molar-refractivity contribution in [2.75, 3.05) is 57.8 Å². The molecular formula is C83H118FN15O24S2Si. The van der Waals surface area contributed by atoms with Crippen molar-refractivity contribution in [3.63, 3.8) is 0 Å². The summed E-state index contributed by atoms with van der Waals surface area (Å²) >= 11 is 8.50. The zero-order valence-electron chi connectivity index (χ0n) is 71.4. The monoisotopic (exact) mass is 1820 g/mol. The Bertz CT molecular complexity index is 4500. The maximum atomic E-state index is 16.9. The quantitative estimate of drug-likeness (QED) is 0.00362. The molecule has 1 aromatic heterocycles. The Labute approximate surface area is 739 Å². The van der Waals surface area contributed by atoms with Gasteiger partial charge in [0.25, 0.3) is 14.3 Å². The number of amides is 12. The number of carbonyl (C=O) groups excluding carboxylic acids is 12. The molecule has 12 amide bonds. The smallest absolute Gasteiger partial charge is 0.328 e. The van der Waals surface area contributed by atoms with Crippen molar-refractivity contribution < 1.29 is 121 Å². The van der Waals surface area contributed by atoms with Crippen molar-refractivity contribution in [3.05, 3.63) is 132 Å². The van der Waals surface area contributed by atoms with E-state index in [0.717, 1.165) is 20.8 Å². The number of nitrogens with two attached hydrogens (primary N) is 1. The van der Waals surface area contributed by atoms with E-state index in [1.54, 1.807) is 85.1 Å². The fraction of sp³-hybridized carbons (Fsp3) is 0.518. The number of para-hydroxylation sites is 1. The molecule has 0 aliphatic carbocycles. The highest BCUT2D eigenvalue weighted by atomic mass is 32.1. The van der Waals surface area contributed by atoms with Gasteiger partial charge in [-0.15, -0.1) is 0 Å². The Morgan fingerprint density at radius 1 is 0.587 bits per heavy atom. The highest BCUT2D eigenvalue weighted by molar-refractivity contribution is 7.80. The number of halogens is 1. The summed E-state index contributed by atoms with van der Waals surface area (Å²) in [7, 11) is -3.59. The summed E-state index contributed by atoms with van der Waals surface area (Å²) in [5.74, 6) is -14.1. The molecule has 0 unspecified atom stereocenters. The largest absolute Gasteiger partial charge is 0.508 e. The van der Waals surface area contributed by atoms with Crippen LogP contribution in [0, 0.1) is 0 Å². The Morgan fingerprint density at radius 3 is 1.67 bits per heavy atom. The second kappa shape index (κ2) is 50.0.